The number of rotatable bonds is 4. The summed E-state index contributed by atoms with van der Waals surface area (Å²) in [7, 11) is 0. The fourth-order valence-electron chi connectivity index (χ4n) is 3.52. The molecule has 0 unspecified atom stereocenters. The quantitative estimate of drug-likeness (QED) is 0.535. The van der Waals surface area contributed by atoms with Gasteiger partial charge in [0.25, 0.3) is 5.91 Å². The van der Waals surface area contributed by atoms with Gasteiger partial charge in [0.05, 0.1) is 6.04 Å². The molecule has 140 valence electrons. The minimum absolute atomic E-state index is 0.0305. The van der Waals surface area contributed by atoms with Gasteiger partial charge in [-0.2, -0.15) is 0 Å². The molecule has 0 bridgehead atoms. The molecule has 28 heavy (non-hydrogen) atoms. The van der Waals surface area contributed by atoms with Gasteiger partial charge in [-0.3, -0.25) is 9.69 Å². The minimum Gasteiger partial charge on any atom is -0.351 e. The molecule has 0 aromatic heterocycles. The number of carbonyl (C=O) groups excluding carboxylic acids is 1. The Morgan fingerprint density at radius 3 is 2.32 bits per heavy atom. The zero-order valence-electron chi connectivity index (χ0n) is 15.8. The van der Waals surface area contributed by atoms with E-state index in [1.807, 2.05) is 85.5 Å². The summed E-state index contributed by atoms with van der Waals surface area (Å²) >= 11 is 3.55. The standard InChI is InChI=1S/C24H21BrN2O/c1-16-6-3-10-20(12-16)26-22-15-23(18-8-5-9-19(25)14-18)27(24(22)28)21-11-4-7-17(2)13-21/h3-15,23,26H,1-2H3/t23-/m0/s1. The number of carbonyl (C=O) groups is 1. The van der Waals surface area contributed by atoms with Crippen molar-refractivity contribution in [1.29, 1.82) is 0 Å². The lowest BCUT2D eigenvalue weighted by Crippen LogP contribution is -2.30. The second kappa shape index (κ2) is 7.64. The molecule has 1 aliphatic heterocycles. The van der Waals surface area contributed by atoms with Gasteiger partial charge in [0, 0.05) is 15.8 Å². The molecular formula is C24H21BrN2O. The fourth-order valence-corrected chi connectivity index (χ4v) is 3.94. The zero-order valence-corrected chi connectivity index (χ0v) is 17.4. The van der Waals surface area contributed by atoms with E-state index in [9.17, 15) is 4.79 Å². The second-order valence-corrected chi connectivity index (χ2v) is 8.00. The number of benzene rings is 3. The van der Waals surface area contributed by atoms with Crippen LogP contribution in [0.15, 0.2) is 89.0 Å². The maximum atomic E-state index is 13.4. The number of nitrogens with zero attached hydrogens (tertiary/aromatic N) is 1. The zero-order chi connectivity index (χ0) is 19.7. The molecular weight excluding hydrogens is 412 g/mol. The Labute approximate surface area is 173 Å². The van der Waals surface area contributed by atoms with Crippen LogP contribution in [0.1, 0.15) is 22.7 Å². The molecule has 0 fully saturated rings. The Bertz CT molecular complexity index is 1070. The molecule has 3 nitrogen and oxygen atoms in total. The highest BCUT2D eigenvalue weighted by Gasteiger charge is 2.34. The molecule has 3 aromatic carbocycles. The Morgan fingerprint density at radius 2 is 1.61 bits per heavy atom. The van der Waals surface area contributed by atoms with Crippen LogP contribution in [-0.2, 0) is 4.79 Å². The molecule has 1 amide bonds. The van der Waals surface area contributed by atoms with Gasteiger partial charge in [-0.15, -0.1) is 0 Å². The predicted octanol–water partition coefficient (Wildman–Crippen LogP) is 6.15. The van der Waals surface area contributed by atoms with E-state index in [4.69, 9.17) is 0 Å². The number of hydrogen-bond donors (Lipinski definition) is 1. The number of aryl methyl sites for hydroxylation is 2. The SMILES string of the molecule is Cc1cccc(NC2=C[C@@H](c3cccc(Br)c3)N(c3cccc(C)c3)C2=O)c1. The average Bonchev–Trinajstić information content (AvgIpc) is 2.98. The highest BCUT2D eigenvalue weighted by molar-refractivity contribution is 9.10. The predicted molar refractivity (Wildman–Crippen MR) is 118 cm³/mol. The van der Waals surface area contributed by atoms with Gasteiger partial charge in [-0.25, -0.2) is 0 Å². The van der Waals surface area contributed by atoms with Crippen LogP contribution >= 0.6 is 15.9 Å². The topological polar surface area (TPSA) is 32.3 Å². The molecule has 4 heteroatoms. The van der Waals surface area contributed by atoms with Crippen molar-refractivity contribution in [3.63, 3.8) is 0 Å². The largest absolute Gasteiger partial charge is 0.351 e. The Kier molecular flexibility index (Phi) is 5.05. The highest BCUT2D eigenvalue weighted by Crippen LogP contribution is 2.37. The van der Waals surface area contributed by atoms with E-state index < -0.39 is 0 Å². The first-order chi connectivity index (χ1) is 13.5. The normalized spacial score (nSPS) is 16.2. The lowest BCUT2D eigenvalue weighted by molar-refractivity contribution is -0.114. The number of amides is 1. The molecule has 0 radical (unpaired) electrons. The van der Waals surface area contributed by atoms with Gasteiger partial charge in [0.15, 0.2) is 0 Å². The van der Waals surface area contributed by atoms with Gasteiger partial charge in [0.2, 0.25) is 0 Å². The summed E-state index contributed by atoms with van der Waals surface area (Å²) in [5.74, 6) is -0.0305. The maximum absolute atomic E-state index is 13.4. The van der Waals surface area contributed by atoms with E-state index in [0.29, 0.717) is 5.70 Å². The third-order valence-electron chi connectivity index (χ3n) is 4.82. The van der Waals surface area contributed by atoms with Crippen LogP contribution in [-0.4, -0.2) is 5.91 Å². The van der Waals surface area contributed by atoms with E-state index in [1.165, 1.54) is 0 Å². The molecule has 4 rings (SSSR count). The van der Waals surface area contributed by atoms with Crippen molar-refractivity contribution in [3.05, 3.63) is 106 Å². The smallest absolute Gasteiger partial charge is 0.275 e. The van der Waals surface area contributed by atoms with Crippen LogP contribution in [0.4, 0.5) is 11.4 Å². The molecule has 0 spiro atoms. The van der Waals surface area contributed by atoms with Crippen molar-refractivity contribution in [2.24, 2.45) is 0 Å². The summed E-state index contributed by atoms with van der Waals surface area (Å²) in [5.41, 5.74) is 5.74. The maximum Gasteiger partial charge on any atom is 0.275 e. The lowest BCUT2D eigenvalue weighted by Gasteiger charge is -2.25. The number of hydrogen-bond acceptors (Lipinski definition) is 2. The van der Waals surface area contributed by atoms with Gasteiger partial charge in [0.1, 0.15) is 5.70 Å². The van der Waals surface area contributed by atoms with Crippen molar-refractivity contribution in [1.82, 2.24) is 0 Å². The van der Waals surface area contributed by atoms with Crippen LogP contribution in [0.2, 0.25) is 0 Å². The molecule has 1 N–H and O–H groups in total. The third-order valence-corrected chi connectivity index (χ3v) is 5.31. The molecule has 0 saturated carbocycles. The Balaban J connectivity index is 1.75. The molecule has 1 aliphatic rings. The lowest BCUT2D eigenvalue weighted by atomic mass is 10.1. The summed E-state index contributed by atoms with van der Waals surface area (Å²) in [5, 5.41) is 3.32. The van der Waals surface area contributed by atoms with Gasteiger partial charge in [-0.05, 0) is 73.0 Å². The molecule has 0 aliphatic carbocycles. The summed E-state index contributed by atoms with van der Waals surface area (Å²) < 4.78 is 0.995. The van der Waals surface area contributed by atoms with Gasteiger partial charge in [-0.1, -0.05) is 52.3 Å². The van der Waals surface area contributed by atoms with Crippen LogP contribution in [0.3, 0.4) is 0 Å². The monoisotopic (exact) mass is 432 g/mol. The minimum atomic E-state index is -0.167. The molecule has 3 aromatic rings. The van der Waals surface area contributed by atoms with Crippen LogP contribution < -0.4 is 10.2 Å². The molecule has 1 heterocycles. The van der Waals surface area contributed by atoms with Crippen molar-refractivity contribution < 1.29 is 4.79 Å². The summed E-state index contributed by atoms with van der Waals surface area (Å²) in [4.78, 5) is 15.2. The fraction of sp³-hybridized carbons (Fsp3) is 0.125. The Morgan fingerprint density at radius 1 is 0.893 bits per heavy atom. The van der Waals surface area contributed by atoms with Crippen molar-refractivity contribution >= 4 is 33.2 Å². The van der Waals surface area contributed by atoms with E-state index >= 15 is 0 Å². The van der Waals surface area contributed by atoms with Crippen LogP contribution in [0.5, 0.6) is 0 Å². The van der Waals surface area contributed by atoms with Crippen molar-refractivity contribution in [3.8, 4) is 0 Å². The average molecular weight is 433 g/mol. The summed E-state index contributed by atoms with van der Waals surface area (Å²) in [6.45, 7) is 4.08. The van der Waals surface area contributed by atoms with Gasteiger partial charge >= 0.3 is 0 Å². The number of anilines is 2. The molecule has 0 saturated heterocycles. The summed E-state index contributed by atoms with van der Waals surface area (Å²) in [6, 6.07) is 24.0. The first kappa shape index (κ1) is 18.5. The summed E-state index contributed by atoms with van der Waals surface area (Å²) in [6.07, 6.45) is 2.01. The van der Waals surface area contributed by atoms with E-state index in [-0.39, 0.29) is 11.9 Å². The highest BCUT2D eigenvalue weighted by atomic mass is 79.9. The number of nitrogens with one attached hydrogen (secondary N) is 1. The van der Waals surface area contributed by atoms with E-state index in [1.54, 1.807) is 0 Å². The first-order valence-corrected chi connectivity index (χ1v) is 10.0. The van der Waals surface area contributed by atoms with E-state index in [2.05, 4.69) is 33.4 Å². The molecule has 1 atom stereocenters. The first-order valence-electron chi connectivity index (χ1n) is 9.22. The third kappa shape index (κ3) is 3.73. The van der Waals surface area contributed by atoms with Gasteiger partial charge < -0.3 is 5.32 Å². The second-order valence-electron chi connectivity index (χ2n) is 7.09. The van der Waals surface area contributed by atoms with Crippen molar-refractivity contribution in [2.75, 3.05) is 10.2 Å². The van der Waals surface area contributed by atoms with Crippen LogP contribution in [0.25, 0.3) is 0 Å². The number of halogens is 1. The Hall–Kier alpha value is -2.85. The van der Waals surface area contributed by atoms with E-state index in [0.717, 1.165) is 32.5 Å². The van der Waals surface area contributed by atoms with Crippen molar-refractivity contribution in [2.45, 2.75) is 19.9 Å². The van der Waals surface area contributed by atoms with Crippen LogP contribution in [0, 0.1) is 13.8 Å².